The number of nitriles is 1. The lowest BCUT2D eigenvalue weighted by atomic mass is 10.0. The third-order valence-electron chi connectivity index (χ3n) is 3.55. The first-order chi connectivity index (χ1) is 8.62. The van der Waals surface area contributed by atoms with E-state index in [0.717, 1.165) is 24.9 Å². The van der Waals surface area contributed by atoms with Crippen molar-refractivity contribution in [3.8, 4) is 6.07 Å². The molecule has 1 saturated carbocycles. The smallest absolute Gasteiger partial charge is 0.355 e. The van der Waals surface area contributed by atoms with Gasteiger partial charge in [-0.1, -0.05) is 0 Å². The highest BCUT2D eigenvalue weighted by Crippen LogP contribution is 2.50. The van der Waals surface area contributed by atoms with Crippen LogP contribution in [0.25, 0.3) is 0 Å². The molecule has 0 radical (unpaired) electrons. The van der Waals surface area contributed by atoms with E-state index in [-0.39, 0.29) is 11.4 Å². The van der Waals surface area contributed by atoms with Crippen LogP contribution in [0.5, 0.6) is 0 Å². The first-order valence-corrected chi connectivity index (χ1v) is 6.32. The summed E-state index contributed by atoms with van der Waals surface area (Å²) in [4.78, 5) is 11.9. The van der Waals surface area contributed by atoms with Gasteiger partial charge in [0.1, 0.15) is 5.69 Å². The molecule has 0 unspecified atom stereocenters. The van der Waals surface area contributed by atoms with E-state index < -0.39 is 0 Å². The average molecular weight is 246 g/mol. The summed E-state index contributed by atoms with van der Waals surface area (Å²) in [5.74, 6) is -0.271. The minimum Gasteiger partial charge on any atom is -0.461 e. The Morgan fingerprint density at radius 1 is 1.61 bits per heavy atom. The minimum atomic E-state index is -0.271. The summed E-state index contributed by atoms with van der Waals surface area (Å²) in [6.45, 7) is 4.83. The second-order valence-corrected chi connectivity index (χ2v) is 5.03. The summed E-state index contributed by atoms with van der Waals surface area (Å²) in [6.07, 6.45) is 4.62. The zero-order chi connectivity index (χ0) is 13.2. The van der Waals surface area contributed by atoms with Crippen molar-refractivity contribution in [1.29, 1.82) is 5.26 Å². The molecule has 0 aliphatic heterocycles. The number of aromatic nitrogens is 1. The van der Waals surface area contributed by atoms with Gasteiger partial charge in [-0.05, 0) is 38.3 Å². The van der Waals surface area contributed by atoms with Crippen molar-refractivity contribution in [2.45, 2.75) is 39.7 Å². The molecule has 1 aliphatic rings. The van der Waals surface area contributed by atoms with Gasteiger partial charge in [0.25, 0.3) is 0 Å². The molecule has 0 N–H and O–H groups in total. The SMILES string of the molecule is CCOC(=O)c1c(C)ccn1CC1(CC#N)CC1. The third-order valence-corrected chi connectivity index (χ3v) is 3.55. The van der Waals surface area contributed by atoms with Gasteiger partial charge in [0.2, 0.25) is 0 Å². The number of esters is 1. The Morgan fingerprint density at radius 3 is 2.89 bits per heavy atom. The van der Waals surface area contributed by atoms with E-state index in [1.165, 1.54) is 0 Å². The van der Waals surface area contributed by atoms with Crippen LogP contribution in [0, 0.1) is 23.7 Å². The van der Waals surface area contributed by atoms with Gasteiger partial charge >= 0.3 is 5.97 Å². The predicted octanol–water partition coefficient (Wildman–Crippen LogP) is 2.67. The second-order valence-electron chi connectivity index (χ2n) is 5.03. The molecule has 1 aromatic heterocycles. The number of rotatable bonds is 5. The summed E-state index contributed by atoms with van der Waals surface area (Å²) in [5.41, 5.74) is 1.64. The maximum Gasteiger partial charge on any atom is 0.355 e. The molecular weight excluding hydrogens is 228 g/mol. The Bertz CT molecular complexity index is 492. The van der Waals surface area contributed by atoms with Crippen LogP contribution in [-0.4, -0.2) is 17.1 Å². The molecular formula is C14H18N2O2. The van der Waals surface area contributed by atoms with E-state index in [1.54, 1.807) is 6.92 Å². The molecule has 0 atom stereocenters. The van der Waals surface area contributed by atoms with E-state index in [9.17, 15) is 4.79 Å². The van der Waals surface area contributed by atoms with Crippen LogP contribution < -0.4 is 0 Å². The highest BCUT2D eigenvalue weighted by atomic mass is 16.5. The van der Waals surface area contributed by atoms with Crippen molar-refractivity contribution < 1.29 is 9.53 Å². The standard InChI is InChI=1S/C14H18N2O2/c1-3-18-13(17)12-11(2)4-9-16(12)10-14(5-6-14)7-8-15/h4,9H,3,5-7,10H2,1-2H3. The Morgan fingerprint density at radius 2 is 2.33 bits per heavy atom. The zero-order valence-corrected chi connectivity index (χ0v) is 10.9. The third kappa shape index (κ3) is 2.40. The maximum absolute atomic E-state index is 11.9. The Balaban J connectivity index is 2.19. The Labute approximate surface area is 107 Å². The van der Waals surface area contributed by atoms with Gasteiger partial charge in [-0.3, -0.25) is 0 Å². The number of ether oxygens (including phenoxy) is 1. The lowest BCUT2D eigenvalue weighted by Crippen LogP contribution is -2.18. The summed E-state index contributed by atoms with van der Waals surface area (Å²) in [6, 6.07) is 4.17. The fourth-order valence-corrected chi connectivity index (χ4v) is 2.29. The fraction of sp³-hybridized carbons (Fsp3) is 0.571. The molecule has 18 heavy (non-hydrogen) atoms. The summed E-state index contributed by atoms with van der Waals surface area (Å²) in [7, 11) is 0. The van der Waals surface area contributed by atoms with Crippen molar-refractivity contribution in [2.24, 2.45) is 5.41 Å². The molecule has 0 bridgehead atoms. The number of aryl methyl sites for hydroxylation is 1. The topological polar surface area (TPSA) is 55.0 Å². The fourth-order valence-electron chi connectivity index (χ4n) is 2.29. The first-order valence-electron chi connectivity index (χ1n) is 6.32. The van der Waals surface area contributed by atoms with E-state index in [4.69, 9.17) is 10.00 Å². The van der Waals surface area contributed by atoms with Crippen molar-refractivity contribution in [2.75, 3.05) is 6.61 Å². The summed E-state index contributed by atoms with van der Waals surface area (Å²) < 4.78 is 7.02. The number of carbonyl (C=O) groups excluding carboxylic acids is 1. The molecule has 0 saturated heterocycles. The van der Waals surface area contributed by atoms with Crippen molar-refractivity contribution >= 4 is 5.97 Å². The highest BCUT2D eigenvalue weighted by Gasteiger charge is 2.43. The number of nitrogens with zero attached hydrogens (tertiary/aromatic N) is 2. The van der Waals surface area contributed by atoms with Crippen LogP contribution in [0.15, 0.2) is 12.3 Å². The highest BCUT2D eigenvalue weighted by molar-refractivity contribution is 5.89. The molecule has 96 valence electrons. The van der Waals surface area contributed by atoms with E-state index in [0.29, 0.717) is 18.7 Å². The number of carbonyl (C=O) groups is 1. The van der Waals surface area contributed by atoms with Gasteiger partial charge in [-0.15, -0.1) is 0 Å². The van der Waals surface area contributed by atoms with Crippen molar-refractivity contribution in [1.82, 2.24) is 4.57 Å². The van der Waals surface area contributed by atoms with Crippen molar-refractivity contribution in [3.05, 3.63) is 23.5 Å². The number of hydrogen-bond donors (Lipinski definition) is 0. The minimum absolute atomic E-state index is 0.0848. The average Bonchev–Trinajstić information content (AvgIpc) is 2.97. The monoisotopic (exact) mass is 246 g/mol. The van der Waals surface area contributed by atoms with Gasteiger partial charge in [0, 0.05) is 24.6 Å². The zero-order valence-electron chi connectivity index (χ0n) is 10.9. The largest absolute Gasteiger partial charge is 0.461 e. The van der Waals surface area contributed by atoms with Crippen LogP contribution in [0.1, 0.15) is 42.2 Å². The molecule has 1 fully saturated rings. The molecule has 4 heteroatoms. The molecule has 0 spiro atoms. The Kier molecular flexibility index (Phi) is 3.42. The van der Waals surface area contributed by atoms with Crippen molar-refractivity contribution in [3.63, 3.8) is 0 Å². The summed E-state index contributed by atoms with van der Waals surface area (Å²) >= 11 is 0. The van der Waals surface area contributed by atoms with Gasteiger partial charge in [-0.2, -0.15) is 5.26 Å². The molecule has 1 aliphatic carbocycles. The molecule has 1 heterocycles. The molecule has 4 nitrogen and oxygen atoms in total. The second kappa shape index (κ2) is 4.85. The van der Waals surface area contributed by atoms with Gasteiger partial charge in [0.15, 0.2) is 0 Å². The first kappa shape index (κ1) is 12.7. The molecule has 1 aromatic rings. The van der Waals surface area contributed by atoms with Crippen LogP contribution >= 0.6 is 0 Å². The van der Waals surface area contributed by atoms with Gasteiger partial charge in [-0.25, -0.2) is 4.79 Å². The maximum atomic E-state index is 11.9. The van der Waals surface area contributed by atoms with Crippen LogP contribution in [-0.2, 0) is 11.3 Å². The molecule has 0 aromatic carbocycles. The summed E-state index contributed by atoms with van der Waals surface area (Å²) in [5, 5.41) is 8.84. The number of hydrogen-bond acceptors (Lipinski definition) is 3. The van der Waals surface area contributed by atoms with E-state index in [1.807, 2.05) is 23.8 Å². The van der Waals surface area contributed by atoms with Crippen LogP contribution in [0.4, 0.5) is 0 Å². The van der Waals surface area contributed by atoms with E-state index in [2.05, 4.69) is 6.07 Å². The van der Waals surface area contributed by atoms with Gasteiger partial charge < -0.3 is 9.30 Å². The lowest BCUT2D eigenvalue weighted by molar-refractivity contribution is 0.0511. The normalized spacial score (nSPS) is 16.1. The van der Waals surface area contributed by atoms with Crippen LogP contribution in [0.3, 0.4) is 0 Å². The predicted molar refractivity (Wildman–Crippen MR) is 67.0 cm³/mol. The molecule has 2 rings (SSSR count). The van der Waals surface area contributed by atoms with Crippen LogP contribution in [0.2, 0.25) is 0 Å². The lowest BCUT2D eigenvalue weighted by Gasteiger charge is -2.15. The van der Waals surface area contributed by atoms with Gasteiger partial charge in [0.05, 0.1) is 12.7 Å². The molecule has 0 amide bonds. The van der Waals surface area contributed by atoms with E-state index >= 15 is 0 Å². The Hall–Kier alpha value is -1.76. The quantitative estimate of drug-likeness (QED) is 0.750.